The lowest BCUT2D eigenvalue weighted by Gasteiger charge is -2.30. The van der Waals surface area contributed by atoms with Crippen molar-refractivity contribution in [3.05, 3.63) is 78.3 Å². The van der Waals surface area contributed by atoms with Crippen molar-refractivity contribution in [2.75, 3.05) is 26.4 Å². The van der Waals surface area contributed by atoms with Gasteiger partial charge in [0.15, 0.2) is 5.82 Å². The Morgan fingerprint density at radius 2 is 1.95 bits per heavy atom. The number of nitrogens with two attached hydrogens (primary N) is 1. The van der Waals surface area contributed by atoms with Crippen LogP contribution in [0.2, 0.25) is 0 Å². The summed E-state index contributed by atoms with van der Waals surface area (Å²) < 4.78 is 22.9. The molecular formula is C32H34FN7O2. The molecule has 0 unspecified atom stereocenters. The van der Waals surface area contributed by atoms with Gasteiger partial charge in [-0.1, -0.05) is 18.2 Å². The second-order valence-electron chi connectivity index (χ2n) is 11.2. The standard InChI is InChI=1S/C32H34FN7O2/c1-32(2,38(3)4)18-21(19-34)31(41)40-15-8-9-22(40)20-39-16-14-26-28(35)36-29(37-30(26)39)25-13-12-24(17-27(25)33)42-23-10-6-5-7-11-23/h5-7,10-14,16-18,22H,8-9,15,20H2,1-4H3,(H2,35,36,37)/t22-/m0/s1. The van der Waals surface area contributed by atoms with E-state index in [9.17, 15) is 10.1 Å². The van der Waals surface area contributed by atoms with Crippen molar-refractivity contribution >= 4 is 22.8 Å². The third-order valence-corrected chi connectivity index (χ3v) is 7.86. The summed E-state index contributed by atoms with van der Waals surface area (Å²) in [6, 6.07) is 17.5. The van der Waals surface area contributed by atoms with Crippen molar-refractivity contribution in [1.29, 1.82) is 5.26 Å². The van der Waals surface area contributed by atoms with Gasteiger partial charge in [0.1, 0.15) is 40.4 Å². The van der Waals surface area contributed by atoms with Crippen LogP contribution in [0.4, 0.5) is 10.2 Å². The van der Waals surface area contributed by atoms with Crippen LogP contribution >= 0.6 is 0 Å². The van der Waals surface area contributed by atoms with Gasteiger partial charge in [-0.3, -0.25) is 4.79 Å². The predicted octanol–water partition coefficient (Wildman–Crippen LogP) is 5.39. The summed E-state index contributed by atoms with van der Waals surface area (Å²) in [4.78, 5) is 26.3. The number of likely N-dealkylation sites (tertiary alicyclic amines) is 1. The minimum atomic E-state index is -0.538. The first kappa shape index (κ1) is 28.8. The van der Waals surface area contributed by atoms with Gasteiger partial charge in [-0.25, -0.2) is 14.4 Å². The molecule has 1 aliphatic heterocycles. The van der Waals surface area contributed by atoms with E-state index < -0.39 is 11.4 Å². The molecule has 0 saturated carbocycles. The normalized spacial score (nSPS) is 15.8. The van der Waals surface area contributed by atoms with E-state index in [0.29, 0.717) is 35.6 Å². The summed E-state index contributed by atoms with van der Waals surface area (Å²) in [5.41, 5.74) is 6.70. The lowest BCUT2D eigenvalue weighted by atomic mass is 9.99. The zero-order chi connectivity index (χ0) is 30.0. The number of hydrogen-bond acceptors (Lipinski definition) is 7. The Hall–Kier alpha value is -4.75. The monoisotopic (exact) mass is 567 g/mol. The maximum absolute atomic E-state index is 15.3. The molecule has 1 atom stereocenters. The number of aromatic nitrogens is 3. The number of amides is 1. The Kier molecular flexibility index (Phi) is 7.96. The van der Waals surface area contributed by atoms with Crippen molar-refractivity contribution in [3.8, 4) is 29.0 Å². The van der Waals surface area contributed by atoms with Crippen molar-refractivity contribution in [3.63, 3.8) is 0 Å². The number of carbonyl (C=O) groups is 1. The number of para-hydroxylation sites is 1. The fourth-order valence-electron chi connectivity index (χ4n) is 5.02. The maximum Gasteiger partial charge on any atom is 0.264 e. The highest BCUT2D eigenvalue weighted by Gasteiger charge is 2.32. The molecule has 0 spiro atoms. The number of hydrogen-bond donors (Lipinski definition) is 1. The minimum absolute atomic E-state index is 0.127. The molecule has 1 saturated heterocycles. The highest BCUT2D eigenvalue weighted by Crippen LogP contribution is 2.31. The fraction of sp³-hybridized carbons (Fsp3) is 0.312. The summed E-state index contributed by atoms with van der Waals surface area (Å²) in [6.07, 6.45) is 5.19. The van der Waals surface area contributed by atoms with E-state index in [0.717, 1.165) is 12.8 Å². The molecule has 216 valence electrons. The van der Waals surface area contributed by atoms with Crippen LogP contribution in [-0.4, -0.2) is 62.5 Å². The Bertz CT molecular complexity index is 1690. The zero-order valence-electron chi connectivity index (χ0n) is 24.2. The van der Waals surface area contributed by atoms with Crippen molar-refractivity contribution < 1.29 is 13.9 Å². The number of benzene rings is 2. The molecule has 2 N–H and O–H groups in total. The molecule has 0 aliphatic carbocycles. The first-order valence-electron chi connectivity index (χ1n) is 13.8. The van der Waals surface area contributed by atoms with Crippen molar-refractivity contribution in [2.45, 2.75) is 44.8 Å². The molecule has 2 aromatic heterocycles. The smallest absolute Gasteiger partial charge is 0.264 e. The molecule has 9 nitrogen and oxygen atoms in total. The average molecular weight is 568 g/mol. The van der Waals surface area contributed by atoms with Crippen LogP contribution < -0.4 is 10.5 Å². The van der Waals surface area contributed by atoms with E-state index in [1.807, 2.05) is 67.9 Å². The first-order valence-corrected chi connectivity index (χ1v) is 13.8. The van der Waals surface area contributed by atoms with Gasteiger partial charge in [0, 0.05) is 30.9 Å². The zero-order valence-corrected chi connectivity index (χ0v) is 24.2. The molecule has 10 heteroatoms. The number of nitrogens with zero attached hydrogens (tertiary/aromatic N) is 6. The number of rotatable bonds is 8. The predicted molar refractivity (Wildman–Crippen MR) is 160 cm³/mol. The van der Waals surface area contributed by atoms with Gasteiger partial charge < -0.3 is 24.8 Å². The highest BCUT2D eigenvalue weighted by molar-refractivity contribution is 5.98. The molecule has 1 aliphatic rings. The number of likely N-dealkylation sites (N-methyl/N-ethyl adjacent to an activating group) is 1. The van der Waals surface area contributed by atoms with Crippen LogP contribution in [0.5, 0.6) is 11.5 Å². The number of anilines is 1. The van der Waals surface area contributed by atoms with Crippen LogP contribution in [-0.2, 0) is 11.3 Å². The van der Waals surface area contributed by atoms with Gasteiger partial charge in [0.05, 0.1) is 17.0 Å². The van der Waals surface area contributed by atoms with Crippen LogP contribution in [0.3, 0.4) is 0 Å². The average Bonchev–Trinajstić information content (AvgIpc) is 3.59. The Morgan fingerprint density at radius 1 is 1.19 bits per heavy atom. The summed E-state index contributed by atoms with van der Waals surface area (Å²) in [5.74, 6) is 0.528. The molecule has 1 fully saturated rings. The molecule has 2 aromatic carbocycles. The van der Waals surface area contributed by atoms with E-state index in [-0.39, 0.29) is 34.7 Å². The summed E-state index contributed by atoms with van der Waals surface area (Å²) in [5, 5.41) is 10.5. The van der Waals surface area contributed by atoms with Gasteiger partial charge in [0.25, 0.3) is 5.91 Å². The second kappa shape index (κ2) is 11.6. The van der Waals surface area contributed by atoms with Crippen LogP contribution in [0, 0.1) is 17.1 Å². The Morgan fingerprint density at radius 3 is 2.64 bits per heavy atom. The van der Waals surface area contributed by atoms with Gasteiger partial charge in [0.2, 0.25) is 0 Å². The largest absolute Gasteiger partial charge is 0.457 e. The number of halogens is 1. The Balaban J connectivity index is 1.41. The molecule has 0 bridgehead atoms. The second-order valence-corrected chi connectivity index (χ2v) is 11.2. The molecular weight excluding hydrogens is 533 g/mol. The van der Waals surface area contributed by atoms with E-state index in [1.165, 1.54) is 6.07 Å². The molecule has 1 amide bonds. The number of nitrogen functional groups attached to an aromatic ring is 1. The Labute approximate surface area is 244 Å². The molecule has 0 radical (unpaired) electrons. The molecule has 5 rings (SSSR count). The van der Waals surface area contributed by atoms with Crippen molar-refractivity contribution in [2.24, 2.45) is 0 Å². The van der Waals surface area contributed by atoms with Gasteiger partial charge >= 0.3 is 0 Å². The van der Waals surface area contributed by atoms with Crippen LogP contribution in [0.1, 0.15) is 26.7 Å². The number of ether oxygens (including phenoxy) is 1. The lowest BCUT2D eigenvalue weighted by molar-refractivity contribution is -0.127. The van der Waals surface area contributed by atoms with E-state index in [1.54, 1.807) is 35.2 Å². The van der Waals surface area contributed by atoms with E-state index >= 15 is 4.39 Å². The summed E-state index contributed by atoms with van der Waals surface area (Å²) in [6.45, 7) is 4.93. The van der Waals surface area contributed by atoms with E-state index in [2.05, 4.69) is 11.1 Å². The topological polar surface area (TPSA) is 113 Å². The van der Waals surface area contributed by atoms with Gasteiger partial charge in [-0.05, 0) is 77.2 Å². The summed E-state index contributed by atoms with van der Waals surface area (Å²) >= 11 is 0. The quantitative estimate of drug-likeness (QED) is 0.224. The summed E-state index contributed by atoms with van der Waals surface area (Å²) in [7, 11) is 3.82. The maximum atomic E-state index is 15.3. The molecule has 3 heterocycles. The minimum Gasteiger partial charge on any atom is -0.457 e. The number of carbonyl (C=O) groups excluding carboxylic acids is 1. The first-order chi connectivity index (χ1) is 20.1. The lowest BCUT2D eigenvalue weighted by Crippen LogP contribution is -2.41. The number of fused-ring (bicyclic) bond motifs is 1. The van der Waals surface area contributed by atoms with E-state index in [4.69, 9.17) is 15.5 Å². The highest BCUT2D eigenvalue weighted by atomic mass is 19.1. The van der Waals surface area contributed by atoms with Crippen LogP contribution in [0.25, 0.3) is 22.4 Å². The van der Waals surface area contributed by atoms with Crippen molar-refractivity contribution in [1.82, 2.24) is 24.3 Å². The fourth-order valence-corrected chi connectivity index (χ4v) is 5.02. The van der Waals surface area contributed by atoms with Crippen LogP contribution in [0.15, 0.2) is 72.4 Å². The third kappa shape index (κ3) is 5.83. The molecule has 42 heavy (non-hydrogen) atoms. The third-order valence-electron chi connectivity index (χ3n) is 7.86. The van der Waals surface area contributed by atoms with Gasteiger partial charge in [-0.15, -0.1) is 0 Å². The number of nitriles is 1. The van der Waals surface area contributed by atoms with Gasteiger partial charge in [-0.2, -0.15) is 5.26 Å². The molecule has 4 aromatic rings. The SMILES string of the molecule is CN(C)C(C)(C)C=C(C#N)C(=O)N1CCC[C@H]1Cn1ccc2c(N)nc(-c3ccc(Oc4ccccc4)cc3F)nc21.